The Bertz CT molecular complexity index is 786. The molecule has 1 heterocycles. The number of ether oxygens (including phenoxy) is 1. The van der Waals surface area contributed by atoms with E-state index in [4.69, 9.17) is 4.74 Å². The van der Waals surface area contributed by atoms with Crippen LogP contribution in [0.2, 0.25) is 0 Å². The smallest absolute Gasteiger partial charge is 0.116 e. The van der Waals surface area contributed by atoms with Gasteiger partial charge >= 0.3 is 0 Å². The summed E-state index contributed by atoms with van der Waals surface area (Å²) in [4.78, 5) is 0. The molecule has 0 spiro atoms. The van der Waals surface area contributed by atoms with Crippen molar-refractivity contribution in [1.82, 2.24) is 0 Å². The zero-order valence-corrected chi connectivity index (χ0v) is 11.2. The molecule has 20 heavy (non-hydrogen) atoms. The SMILES string of the molecule is OC1(c2cc3ccccc3c3ccccc23)CCOC1. The van der Waals surface area contributed by atoms with E-state index in [1.807, 2.05) is 18.2 Å². The molecule has 4 rings (SSSR count). The van der Waals surface area contributed by atoms with Crippen LogP contribution in [0, 0.1) is 0 Å². The van der Waals surface area contributed by atoms with Crippen LogP contribution >= 0.6 is 0 Å². The fourth-order valence-corrected chi connectivity index (χ4v) is 3.21. The topological polar surface area (TPSA) is 29.5 Å². The summed E-state index contributed by atoms with van der Waals surface area (Å²) < 4.78 is 5.43. The van der Waals surface area contributed by atoms with Gasteiger partial charge in [-0.05, 0) is 33.2 Å². The highest BCUT2D eigenvalue weighted by Crippen LogP contribution is 2.38. The molecule has 0 saturated carbocycles. The lowest BCUT2D eigenvalue weighted by Crippen LogP contribution is -2.25. The highest BCUT2D eigenvalue weighted by atomic mass is 16.5. The summed E-state index contributed by atoms with van der Waals surface area (Å²) in [5.41, 5.74) is 0.133. The molecule has 1 unspecified atom stereocenters. The molecule has 1 saturated heterocycles. The van der Waals surface area contributed by atoms with Gasteiger partial charge in [0.05, 0.1) is 6.61 Å². The van der Waals surface area contributed by atoms with Crippen LogP contribution in [0.15, 0.2) is 54.6 Å². The van der Waals surface area contributed by atoms with Crippen molar-refractivity contribution >= 4 is 21.5 Å². The third-order valence-electron chi connectivity index (χ3n) is 4.27. The number of hydrogen-bond acceptors (Lipinski definition) is 2. The standard InChI is InChI=1S/C18H16O2/c19-18(9-10-20-12-18)17-11-13-5-1-2-6-14(13)15-7-3-4-8-16(15)17/h1-8,11,19H,9-10,12H2. The van der Waals surface area contributed by atoms with Gasteiger partial charge in [0.15, 0.2) is 0 Å². The summed E-state index contributed by atoms with van der Waals surface area (Å²) in [6, 6.07) is 18.7. The van der Waals surface area contributed by atoms with Crippen molar-refractivity contribution < 1.29 is 9.84 Å². The quantitative estimate of drug-likeness (QED) is 0.680. The summed E-state index contributed by atoms with van der Waals surface area (Å²) in [5.74, 6) is 0. The van der Waals surface area contributed by atoms with Gasteiger partial charge in [-0.1, -0.05) is 48.5 Å². The lowest BCUT2D eigenvalue weighted by molar-refractivity contribution is 0.0246. The van der Waals surface area contributed by atoms with Gasteiger partial charge in [-0.2, -0.15) is 0 Å². The number of benzene rings is 3. The molecular formula is C18H16O2. The Kier molecular flexibility index (Phi) is 2.56. The molecule has 0 aliphatic carbocycles. The maximum atomic E-state index is 10.9. The summed E-state index contributed by atoms with van der Waals surface area (Å²) in [7, 11) is 0. The van der Waals surface area contributed by atoms with Crippen molar-refractivity contribution in [2.75, 3.05) is 13.2 Å². The van der Waals surface area contributed by atoms with Crippen molar-refractivity contribution in [3.8, 4) is 0 Å². The Morgan fingerprint density at radius 1 is 0.900 bits per heavy atom. The van der Waals surface area contributed by atoms with Gasteiger partial charge in [0, 0.05) is 13.0 Å². The second kappa shape index (κ2) is 4.30. The Morgan fingerprint density at radius 2 is 1.60 bits per heavy atom. The minimum absolute atomic E-state index is 0.384. The number of rotatable bonds is 1. The maximum Gasteiger partial charge on any atom is 0.116 e. The highest BCUT2D eigenvalue weighted by Gasteiger charge is 2.35. The Hall–Kier alpha value is -1.90. The first-order valence-electron chi connectivity index (χ1n) is 6.99. The molecule has 2 heteroatoms. The Balaban J connectivity index is 2.13. The number of aliphatic hydroxyl groups is 1. The van der Waals surface area contributed by atoms with E-state index in [-0.39, 0.29) is 0 Å². The average Bonchev–Trinajstić information content (AvgIpc) is 2.94. The van der Waals surface area contributed by atoms with E-state index in [0.29, 0.717) is 19.6 Å². The molecule has 0 radical (unpaired) electrons. The minimum atomic E-state index is -0.858. The molecule has 2 nitrogen and oxygen atoms in total. The molecule has 1 fully saturated rings. The summed E-state index contributed by atoms with van der Waals surface area (Å²) in [6.45, 7) is 1.01. The first-order chi connectivity index (χ1) is 9.78. The van der Waals surface area contributed by atoms with Crippen LogP contribution in [-0.4, -0.2) is 18.3 Å². The van der Waals surface area contributed by atoms with Crippen LogP contribution in [0.5, 0.6) is 0 Å². The fourth-order valence-electron chi connectivity index (χ4n) is 3.21. The third kappa shape index (κ3) is 1.65. The molecule has 1 aliphatic rings. The maximum absolute atomic E-state index is 10.9. The Labute approximate surface area is 117 Å². The monoisotopic (exact) mass is 264 g/mol. The predicted molar refractivity (Wildman–Crippen MR) is 80.8 cm³/mol. The predicted octanol–water partition coefficient (Wildman–Crippen LogP) is 3.60. The number of fused-ring (bicyclic) bond motifs is 3. The molecule has 0 aromatic heterocycles. The second-order valence-electron chi connectivity index (χ2n) is 5.53. The van der Waals surface area contributed by atoms with Gasteiger partial charge in [0.25, 0.3) is 0 Å². The zero-order chi connectivity index (χ0) is 13.6. The molecule has 100 valence electrons. The van der Waals surface area contributed by atoms with Crippen LogP contribution < -0.4 is 0 Å². The van der Waals surface area contributed by atoms with E-state index in [0.717, 1.165) is 10.9 Å². The zero-order valence-electron chi connectivity index (χ0n) is 11.2. The van der Waals surface area contributed by atoms with Crippen molar-refractivity contribution in [3.05, 3.63) is 60.2 Å². The molecule has 3 aromatic rings. The molecular weight excluding hydrogens is 248 g/mol. The van der Waals surface area contributed by atoms with Crippen molar-refractivity contribution in [3.63, 3.8) is 0 Å². The van der Waals surface area contributed by atoms with Crippen LogP contribution in [-0.2, 0) is 10.3 Å². The van der Waals surface area contributed by atoms with E-state index in [1.54, 1.807) is 0 Å². The van der Waals surface area contributed by atoms with Crippen LogP contribution in [0.25, 0.3) is 21.5 Å². The van der Waals surface area contributed by atoms with Gasteiger partial charge < -0.3 is 9.84 Å². The van der Waals surface area contributed by atoms with Gasteiger partial charge in [-0.25, -0.2) is 0 Å². The largest absolute Gasteiger partial charge is 0.383 e. The van der Waals surface area contributed by atoms with E-state index >= 15 is 0 Å². The van der Waals surface area contributed by atoms with Gasteiger partial charge in [-0.3, -0.25) is 0 Å². The molecule has 0 amide bonds. The second-order valence-corrected chi connectivity index (χ2v) is 5.53. The average molecular weight is 264 g/mol. The van der Waals surface area contributed by atoms with E-state index in [9.17, 15) is 5.11 Å². The van der Waals surface area contributed by atoms with Crippen molar-refractivity contribution in [1.29, 1.82) is 0 Å². The first-order valence-corrected chi connectivity index (χ1v) is 6.99. The van der Waals surface area contributed by atoms with E-state index in [1.165, 1.54) is 16.2 Å². The lowest BCUT2D eigenvalue weighted by Gasteiger charge is -2.24. The first kappa shape index (κ1) is 11.9. The highest BCUT2D eigenvalue weighted by molar-refractivity contribution is 6.09. The van der Waals surface area contributed by atoms with E-state index in [2.05, 4.69) is 36.4 Å². The Morgan fingerprint density at radius 3 is 2.35 bits per heavy atom. The molecule has 1 atom stereocenters. The summed E-state index contributed by atoms with van der Waals surface area (Å²) >= 11 is 0. The normalized spacial score (nSPS) is 22.6. The van der Waals surface area contributed by atoms with Crippen LogP contribution in [0.3, 0.4) is 0 Å². The van der Waals surface area contributed by atoms with Gasteiger partial charge in [0.2, 0.25) is 0 Å². The molecule has 1 N–H and O–H groups in total. The summed E-state index contributed by atoms with van der Waals surface area (Å²) in [5, 5.41) is 15.6. The summed E-state index contributed by atoms with van der Waals surface area (Å²) in [6.07, 6.45) is 0.662. The molecule has 0 bridgehead atoms. The number of hydrogen-bond donors (Lipinski definition) is 1. The fraction of sp³-hybridized carbons (Fsp3) is 0.222. The van der Waals surface area contributed by atoms with E-state index < -0.39 is 5.60 Å². The molecule has 1 aliphatic heterocycles. The molecule has 3 aromatic carbocycles. The van der Waals surface area contributed by atoms with Crippen molar-refractivity contribution in [2.24, 2.45) is 0 Å². The lowest BCUT2D eigenvalue weighted by atomic mass is 9.86. The third-order valence-corrected chi connectivity index (χ3v) is 4.27. The van der Waals surface area contributed by atoms with Crippen molar-refractivity contribution in [2.45, 2.75) is 12.0 Å². The van der Waals surface area contributed by atoms with Gasteiger partial charge in [0.1, 0.15) is 5.60 Å². The van der Waals surface area contributed by atoms with Crippen LogP contribution in [0.4, 0.5) is 0 Å². The van der Waals surface area contributed by atoms with Crippen LogP contribution in [0.1, 0.15) is 12.0 Å². The minimum Gasteiger partial charge on any atom is -0.383 e. The van der Waals surface area contributed by atoms with Gasteiger partial charge in [-0.15, -0.1) is 0 Å².